The minimum atomic E-state index is -3.47. The van der Waals surface area contributed by atoms with Crippen LogP contribution in [0.5, 0.6) is 0 Å². The smallest absolute Gasteiger partial charge is 0.410 e. The van der Waals surface area contributed by atoms with Crippen LogP contribution in [0.2, 0.25) is 0 Å². The standard InChI is InChI=1S/C27H33F2NO5S/c1-17(2)35-25(32)23-9-8-22(36-23)6-5-12-30-21(11-13-34-26(30)33)7-10-24(31)27(28,29)20-15-18(3)14-19(4)16-20/h7-10,14-17,21,24,31H,5-6,11-13H2,1-4H3/t21-,24+/m0/s1. The Bertz CT molecular complexity index is 1080. The Kier molecular flexibility index (Phi) is 9.24. The molecular weight excluding hydrogens is 488 g/mol. The number of cyclic esters (lactones) is 1. The normalized spacial score (nSPS) is 17.5. The van der Waals surface area contributed by atoms with Gasteiger partial charge >= 0.3 is 18.0 Å². The predicted octanol–water partition coefficient (Wildman–Crippen LogP) is 5.78. The Morgan fingerprint density at radius 2 is 1.97 bits per heavy atom. The first-order chi connectivity index (χ1) is 17.0. The Morgan fingerprint density at radius 3 is 2.64 bits per heavy atom. The molecule has 1 N–H and O–H groups in total. The molecule has 0 bridgehead atoms. The van der Waals surface area contributed by atoms with Crippen molar-refractivity contribution < 1.29 is 33.0 Å². The van der Waals surface area contributed by atoms with E-state index in [1.807, 2.05) is 6.07 Å². The lowest BCUT2D eigenvalue weighted by atomic mass is 9.98. The van der Waals surface area contributed by atoms with E-state index in [2.05, 4.69) is 0 Å². The lowest BCUT2D eigenvalue weighted by Crippen LogP contribution is -2.45. The first-order valence-electron chi connectivity index (χ1n) is 12.0. The molecule has 1 aromatic carbocycles. The van der Waals surface area contributed by atoms with Gasteiger partial charge in [-0.05, 0) is 64.8 Å². The van der Waals surface area contributed by atoms with Crippen molar-refractivity contribution in [2.75, 3.05) is 13.2 Å². The number of ether oxygens (including phenoxy) is 2. The topological polar surface area (TPSA) is 76.1 Å². The zero-order chi connectivity index (χ0) is 26.5. The lowest BCUT2D eigenvalue weighted by molar-refractivity contribution is -0.0930. The summed E-state index contributed by atoms with van der Waals surface area (Å²) in [5.41, 5.74) is 1.14. The second-order valence-corrected chi connectivity index (χ2v) is 10.5. The van der Waals surface area contributed by atoms with Crippen LogP contribution in [0.1, 0.15) is 57.9 Å². The average molecular weight is 522 g/mol. The molecule has 0 spiro atoms. The Hall–Kier alpha value is -2.78. The maximum atomic E-state index is 14.9. The molecule has 196 valence electrons. The van der Waals surface area contributed by atoms with Gasteiger partial charge in [-0.2, -0.15) is 8.78 Å². The van der Waals surface area contributed by atoms with Gasteiger partial charge in [0.05, 0.1) is 18.8 Å². The SMILES string of the molecule is Cc1cc(C)cc(C(F)(F)[C@H](O)C=C[C@H]2CCOC(=O)N2CCCc2ccc(C(=O)OC(C)C)s2)c1. The van der Waals surface area contributed by atoms with Crippen LogP contribution in [-0.2, 0) is 21.8 Å². The maximum Gasteiger partial charge on any atom is 0.410 e. The van der Waals surface area contributed by atoms with Crippen LogP contribution in [0.15, 0.2) is 42.5 Å². The van der Waals surface area contributed by atoms with Crippen LogP contribution in [0, 0.1) is 13.8 Å². The second kappa shape index (κ2) is 12.0. The first-order valence-corrected chi connectivity index (χ1v) is 12.8. The number of halogens is 2. The zero-order valence-corrected chi connectivity index (χ0v) is 21.8. The van der Waals surface area contributed by atoms with Gasteiger partial charge in [0, 0.05) is 23.4 Å². The molecule has 2 aromatic rings. The molecule has 9 heteroatoms. The number of esters is 1. The molecule has 2 heterocycles. The quantitative estimate of drug-likeness (QED) is 0.317. The van der Waals surface area contributed by atoms with Crippen molar-refractivity contribution in [2.24, 2.45) is 0 Å². The number of aryl methyl sites for hydroxylation is 3. The minimum absolute atomic E-state index is 0.181. The van der Waals surface area contributed by atoms with E-state index in [0.717, 1.165) is 11.0 Å². The van der Waals surface area contributed by atoms with E-state index < -0.39 is 24.2 Å². The van der Waals surface area contributed by atoms with Crippen molar-refractivity contribution in [1.82, 2.24) is 4.90 Å². The van der Waals surface area contributed by atoms with Gasteiger partial charge in [0.2, 0.25) is 0 Å². The van der Waals surface area contributed by atoms with Crippen LogP contribution in [-0.4, -0.2) is 53.5 Å². The molecule has 3 rings (SSSR count). The molecular formula is C27H33F2NO5S. The molecule has 0 unspecified atom stereocenters. The van der Waals surface area contributed by atoms with Crippen LogP contribution in [0.3, 0.4) is 0 Å². The molecule has 1 saturated heterocycles. The van der Waals surface area contributed by atoms with Crippen molar-refractivity contribution in [2.45, 2.75) is 71.1 Å². The molecule has 1 aliphatic rings. The van der Waals surface area contributed by atoms with Gasteiger partial charge in [0.1, 0.15) is 11.0 Å². The Balaban J connectivity index is 1.61. The van der Waals surface area contributed by atoms with Crippen molar-refractivity contribution in [3.8, 4) is 0 Å². The number of aliphatic hydroxyl groups excluding tert-OH is 1. The fraction of sp³-hybridized carbons (Fsp3) is 0.481. The highest BCUT2D eigenvalue weighted by atomic mass is 32.1. The minimum Gasteiger partial charge on any atom is -0.459 e. The number of carbonyl (C=O) groups is 2. The van der Waals surface area contributed by atoms with Gasteiger partial charge in [-0.15, -0.1) is 11.3 Å². The van der Waals surface area contributed by atoms with Crippen molar-refractivity contribution in [3.63, 3.8) is 0 Å². The number of amides is 1. The number of benzene rings is 1. The summed E-state index contributed by atoms with van der Waals surface area (Å²) in [6.07, 6.45) is 1.46. The predicted molar refractivity (Wildman–Crippen MR) is 135 cm³/mol. The van der Waals surface area contributed by atoms with Crippen LogP contribution < -0.4 is 0 Å². The first kappa shape index (κ1) is 27.8. The number of aliphatic hydroxyl groups is 1. The van der Waals surface area contributed by atoms with Gasteiger partial charge in [0.15, 0.2) is 0 Å². The van der Waals surface area contributed by atoms with E-state index in [0.29, 0.717) is 41.8 Å². The summed E-state index contributed by atoms with van der Waals surface area (Å²) in [6, 6.07) is 7.65. The number of hydrogen-bond acceptors (Lipinski definition) is 6. The van der Waals surface area contributed by atoms with Crippen molar-refractivity contribution >= 4 is 23.4 Å². The summed E-state index contributed by atoms with van der Waals surface area (Å²) >= 11 is 1.35. The van der Waals surface area contributed by atoms with E-state index in [-0.39, 0.29) is 24.2 Å². The van der Waals surface area contributed by atoms with Gasteiger partial charge < -0.3 is 19.5 Å². The van der Waals surface area contributed by atoms with Gasteiger partial charge in [0.25, 0.3) is 0 Å². The van der Waals surface area contributed by atoms with Crippen molar-refractivity contribution in [3.05, 3.63) is 68.9 Å². The number of alkyl halides is 2. The molecule has 36 heavy (non-hydrogen) atoms. The fourth-order valence-corrected chi connectivity index (χ4v) is 5.04. The van der Waals surface area contributed by atoms with Gasteiger partial charge in [-0.25, -0.2) is 9.59 Å². The van der Waals surface area contributed by atoms with Gasteiger partial charge in [-0.1, -0.05) is 29.3 Å². The van der Waals surface area contributed by atoms with Crippen LogP contribution >= 0.6 is 11.3 Å². The molecule has 2 atom stereocenters. The molecule has 1 aliphatic heterocycles. The molecule has 6 nitrogen and oxygen atoms in total. The third-order valence-corrected chi connectivity index (χ3v) is 6.92. The van der Waals surface area contributed by atoms with Crippen LogP contribution in [0.25, 0.3) is 0 Å². The third-order valence-electron chi connectivity index (χ3n) is 5.80. The molecule has 1 aromatic heterocycles. The largest absolute Gasteiger partial charge is 0.459 e. The second-order valence-electron chi connectivity index (χ2n) is 9.32. The molecule has 0 aliphatic carbocycles. The number of rotatable bonds is 10. The summed E-state index contributed by atoms with van der Waals surface area (Å²) in [6.45, 7) is 7.57. The lowest BCUT2D eigenvalue weighted by Gasteiger charge is -2.33. The fourth-order valence-electron chi connectivity index (χ4n) is 4.11. The number of carbonyl (C=O) groups excluding carboxylic acids is 2. The highest BCUT2D eigenvalue weighted by Gasteiger charge is 2.39. The van der Waals surface area contributed by atoms with Gasteiger partial charge in [-0.3, -0.25) is 0 Å². The average Bonchev–Trinajstić information content (AvgIpc) is 3.27. The summed E-state index contributed by atoms with van der Waals surface area (Å²) in [5, 5.41) is 10.3. The number of thiophene rings is 1. The van der Waals surface area contributed by atoms with E-state index >= 15 is 0 Å². The van der Waals surface area contributed by atoms with Crippen molar-refractivity contribution in [1.29, 1.82) is 0 Å². The maximum absolute atomic E-state index is 14.9. The summed E-state index contributed by atoms with van der Waals surface area (Å²) in [4.78, 5) is 27.4. The molecule has 0 saturated carbocycles. The third kappa shape index (κ3) is 7.13. The Morgan fingerprint density at radius 1 is 1.28 bits per heavy atom. The van der Waals surface area contributed by atoms with E-state index in [4.69, 9.17) is 9.47 Å². The molecule has 1 amide bonds. The van der Waals surface area contributed by atoms with Crippen LogP contribution in [0.4, 0.5) is 13.6 Å². The molecule has 1 fully saturated rings. The van der Waals surface area contributed by atoms with E-state index in [1.165, 1.54) is 34.4 Å². The molecule has 0 radical (unpaired) electrons. The van der Waals surface area contributed by atoms with E-state index in [1.54, 1.807) is 39.8 Å². The highest BCUT2D eigenvalue weighted by Crippen LogP contribution is 2.34. The monoisotopic (exact) mass is 521 g/mol. The number of hydrogen-bond donors (Lipinski definition) is 1. The Labute approximate surface area is 214 Å². The number of nitrogens with zero attached hydrogens (tertiary/aromatic N) is 1. The highest BCUT2D eigenvalue weighted by molar-refractivity contribution is 7.13. The van der Waals surface area contributed by atoms with E-state index in [9.17, 15) is 23.5 Å². The summed E-state index contributed by atoms with van der Waals surface area (Å²) in [5.74, 6) is -3.83. The summed E-state index contributed by atoms with van der Waals surface area (Å²) in [7, 11) is 0. The zero-order valence-electron chi connectivity index (χ0n) is 21.0. The summed E-state index contributed by atoms with van der Waals surface area (Å²) < 4.78 is 40.2.